The first kappa shape index (κ1) is 17.1. The van der Waals surface area contributed by atoms with E-state index in [1.165, 1.54) is 0 Å². The van der Waals surface area contributed by atoms with Crippen LogP contribution in [0.25, 0.3) is 11.0 Å². The summed E-state index contributed by atoms with van der Waals surface area (Å²) in [6.07, 6.45) is 3.56. The number of hydrogen-bond donors (Lipinski definition) is 1. The number of likely N-dealkylation sites (tertiary alicyclic amines) is 1. The third kappa shape index (κ3) is 3.22. The summed E-state index contributed by atoms with van der Waals surface area (Å²) in [6, 6.07) is 7.77. The zero-order valence-electron chi connectivity index (χ0n) is 15.5. The lowest BCUT2D eigenvalue weighted by molar-refractivity contribution is -0.136. The molecule has 1 aromatic carbocycles. The summed E-state index contributed by atoms with van der Waals surface area (Å²) < 4.78 is 5.96. The number of piperidine rings is 1. The highest BCUT2D eigenvalue weighted by atomic mass is 16.3. The van der Waals surface area contributed by atoms with Crippen LogP contribution in [-0.4, -0.2) is 29.8 Å². The predicted molar refractivity (Wildman–Crippen MR) is 99.5 cm³/mol. The molecular weight excluding hydrogens is 328 g/mol. The van der Waals surface area contributed by atoms with Crippen LogP contribution in [0.1, 0.15) is 50.0 Å². The van der Waals surface area contributed by atoms with Gasteiger partial charge in [-0.15, -0.1) is 0 Å². The minimum absolute atomic E-state index is 0.0228. The van der Waals surface area contributed by atoms with Crippen LogP contribution in [0, 0.1) is 18.8 Å². The van der Waals surface area contributed by atoms with Gasteiger partial charge < -0.3 is 14.6 Å². The van der Waals surface area contributed by atoms with Gasteiger partial charge in [0.2, 0.25) is 11.8 Å². The van der Waals surface area contributed by atoms with Gasteiger partial charge in [0.25, 0.3) is 0 Å². The largest absolute Gasteiger partial charge is 0.459 e. The maximum atomic E-state index is 12.7. The molecule has 5 nitrogen and oxygen atoms in total. The molecule has 5 heteroatoms. The summed E-state index contributed by atoms with van der Waals surface area (Å²) in [6.45, 7) is 5.40. The van der Waals surface area contributed by atoms with Crippen LogP contribution in [0.3, 0.4) is 0 Å². The van der Waals surface area contributed by atoms with Crippen LogP contribution in [0.4, 0.5) is 0 Å². The summed E-state index contributed by atoms with van der Waals surface area (Å²) in [5.41, 5.74) is 1.94. The van der Waals surface area contributed by atoms with Crippen LogP contribution in [-0.2, 0) is 9.59 Å². The lowest BCUT2D eigenvalue weighted by Crippen LogP contribution is -2.44. The molecule has 1 N–H and O–H groups in total. The Bertz CT molecular complexity index is 829. The summed E-state index contributed by atoms with van der Waals surface area (Å²) in [7, 11) is 0. The first-order chi connectivity index (χ1) is 12.5. The Hall–Kier alpha value is -2.30. The maximum Gasteiger partial charge on any atom is 0.225 e. The number of carbonyl (C=O) groups is 2. The molecule has 2 aliphatic rings. The fourth-order valence-corrected chi connectivity index (χ4v) is 3.95. The fraction of sp³-hybridized carbons (Fsp3) is 0.524. The number of benzene rings is 1. The zero-order valence-corrected chi connectivity index (χ0v) is 15.5. The fourth-order valence-electron chi connectivity index (χ4n) is 3.95. The van der Waals surface area contributed by atoms with Crippen molar-refractivity contribution in [2.75, 3.05) is 13.1 Å². The number of hydrogen-bond acceptors (Lipinski definition) is 3. The number of amides is 2. The lowest BCUT2D eigenvalue weighted by Gasteiger charge is -2.32. The van der Waals surface area contributed by atoms with E-state index < -0.39 is 0 Å². The van der Waals surface area contributed by atoms with E-state index in [4.69, 9.17) is 4.42 Å². The van der Waals surface area contributed by atoms with E-state index in [2.05, 4.69) is 5.32 Å². The van der Waals surface area contributed by atoms with Crippen molar-refractivity contribution in [3.63, 3.8) is 0 Å². The molecule has 1 aliphatic carbocycles. The molecule has 1 aromatic heterocycles. The molecule has 1 atom stereocenters. The molecule has 1 unspecified atom stereocenters. The van der Waals surface area contributed by atoms with Crippen LogP contribution in [0.15, 0.2) is 28.7 Å². The summed E-state index contributed by atoms with van der Waals surface area (Å²) in [4.78, 5) is 26.7. The smallest absolute Gasteiger partial charge is 0.225 e. The summed E-state index contributed by atoms with van der Waals surface area (Å²) in [5.74, 6) is 1.41. The monoisotopic (exact) mass is 354 g/mol. The molecule has 2 heterocycles. The minimum Gasteiger partial charge on any atom is -0.459 e. The van der Waals surface area contributed by atoms with Crippen LogP contribution >= 0.6 is 0 Å². The van der Waals surface area contributed by atoms with Crippen molar-refractivity contribution >= 4 is 22.8 Å². The van der Waals surface area contributed by atoms with E-state index in [9.17, 15) is 9.59 Å². The molecule has 0 bridgehead atoms. The van der Waals surface area contributed by atoms with Gasteiger partial charge in [-0.3, -0.25) is 9.59 Å². The lowest BCUT2D eigenvalue weighted by atomic mass is 9.95. The highest BCUT2D eigenvalue weighted by Crippen LogP contribution is 2.33. The third-order valence-electron chi connectivity index (χ3n) is 5.74. The van der Waals surface area contributed by atoms with Gasteiger partial charge in [0, 0.05) is 35.9 Å². The van der Waals surface area contributed by atoms with Gasteiger partial charge in [-0.25, -0.2) is 0 Å². The number of fused-ring (bicyclic) bond motifs is 1. The van der Waals surface area contributed by atoms with Crippen LogP contribution in [0.2, 0.25) is 0 Å². The van der Waals surface area contributed by atoms with Gasteiger partial charge in [-0.1, -0.05) is 18.2 Å². The van der Waals surface area contributed by atoms with Crippen LogP contribution in [0.5, 0.6) is 0 Å². The van der Waals surface area contributed by atoms with E-state index >= 15 is 0 Å². The van der Waals surface area contributed by atoms with Gasteiger partial charge in [-0.05, 0) is 45.6 Å². The molecule has 0 radical (unpaired) electrons. The Morgan fingerprint density at radius 1 is 1.12 bits per heavy atom. The maximum absolute atomic E-state index is 12.7. The van der Waals surface area contributed by atoms with Gasteiger partial charge in [0.15, 0.2) is 0 Å². The molecule has 1 aliphatic heterocycles. The van der Waals surface area contributed by atoms with Crippen molar-refractivity contribution in [1.29, 1.82) is 0 Å². The summed E-state index contributed by atoms with van der Waals surface area (Å²) in [5, 5.41) is 4.20. The number of nitrogens with one attached hydrogen (secondary N) is 1. The third-order valence-corrected chi connectivity index (χ3v) is 5.74. The number of aryl methyl sites for hydroxylation is 1. The SMILES string of the molecule is Cc1c(C(C)NC(=O)C2CCN(C(=O)C3CC3)CC2)oc2ccccc12. The van der Waals surface area contributed by atoms with Crippen molar-refractivity contribution in [1.82, 2.24) is 10.2 Å². The van der Waals surface area contributed by atoms with Crippen LogP contribution < -0.4 is 5.32 Å². The number of furan rings is 1. The quantitative estimate of drug-likeness (QED) is 0.913. The average molecular weight is 354 g/mol. The molecule has 0 spiro atoms. The first-order valence-corrected chi connectivity index (χ1v) is 9.61. The molecule has 4 rings (SSSR count). The zero-order chi connectivity index (χ0) is 18.3. The highest BCUT2D eigenvalue weighted by molar-refractivity contribution is 5.84. The van der Waals surface area contributed by atoms with E-state index in [0.717, 1.165) is 48.0 Å². The van der Waals surface area contributed by atoms with E-state index in [1.54, 1.807) is 0 Å². The molecule has 26 heavy (non-hydrogen) atoms. The Kier molecular flexibility index (Phi) is 4.47. The number of carbonyl (C=O) groups excluding carboxylic acids is 2. The standard InChI is InChI=1S/C21H26N2O3/c1-13-17-5-3-4-6-18(17)26-19(13)14(2)22-20(24)15-9-11-23(12-10-15)21(25)16-7-8-16/h3-6,14-16H,7-12H2,1-2H3,(H,22,24). The second-order valence-corrected chi connectivity index (χ2v) is 7.69. The first-order valence-electron chi connectivity index (χ1n) is 9.61. The van der Waals surface area contributed by atoms with Crippen molar-refractivity contribution in [3.05, 3.63) is 35.6 Å². The molecule has 2 aromatic rings. The predicted octanol–water partition coefficient (Wildman–Crippen LogP) is 3.57. The minimum atomic E-state index is -0.166. The van der Waals surface area contributed by atoms with Crippen molar-refractivity contribution in [2.45, 2.75) is 45.6 Å². The van der Waals surface area contributed by atoms with E-state index in [1.807, 2.05) is 43.0 Å². The van der Waals surface area contributed by atoms with E-state index in [-0.39, 0.29) is 29.7 Å². The topological polar surface area (TPSA) is 62.6 Å². The van der Waals surface area contributed by atoms with Gasteiger partial charge in [-0.2, -0.15) is 0 Å². The van der Waals surface area contributed by atoms with Gasteiger partial charge in [0.05, 0.1) is 6.04 Å². The second-order valence-electron chi connectivity index (χ2n) is 7.69. The molecule has 2 amide bonds. The Balaban J connectivity index is 1.37. The Morgan fingerprint density at radius 2 is 1.81 bits per heavy atom. The normalized spacial score (nSPS) is 19.5. The second kappa shape index (κ2) is 6.78. The summed E-state index contributed by atoms with van der Waals surface area (Å²) >= 11 is 0. The molecule has 2 fully saturated rings. The molecule has 1 saturated carbocycles. The Labute approximate surface area is 153 Å². The molecule has 138 valence electrons. The highest BCUT2D eigenvalue weighted by Gasteiger charge is 2.36. The van der Waals surface area contributed by atoms with Gasteiger partial charge >= 0.3 is 0 Å². The number of nitrogens with zero attached hydrogens (tertiary/aromatic N) is 1. The van der Waals surface area contributed by atoms with Gasteiger partial charge in [0.1, 0.15) is 11.3 Å². The average Bonchev–Trinajstić information content (AvgIpc) is 3.45. The molecular formula is C21H26N2O3. The number of para-hydroxylation sites is 1. The van der Waals surface area contributed by atoms with E-state index in [0.29, 0.717) is 13.1 Å². The van der Waals surface area contributed by atoms with Crippen molar-refractivity contribution in [3.8, 4) is 0 Å². The number of rotatable bonds is 4. The Morgan fingerprint density at radius 3 is 2.46 bits per heavy atom. The van der Waals surface area contributed by atoms with Crippen molar-refractivity contribution in [2.24, 2.45) is 11.8 Å². The van der Waals surface area contributed by atoms with Crippen molar-refractivity contribution < 1.29 is 14.0 Å². The molecule has 1 saturated heterocycles.